The highest BCUT2D eigenvalue weighted by atomic mass is 35.5. The number of rotatable bonds is 4. The van der Waals surface area contributed by atoms with E-state index in [1.807, 2.05) is 0 Å². The quantitative estimate of drug-likeness (QED) is 0.797. The molecular weight excluding hydrogens is 305 g/mol. The lowest BCUT2D eigenvalue weighted by atomic mass is 10.2. The molecule has 7 heteroatoms. The number of hydrogen-bond acceptors (Lipinski definition) is 2. The fraction of sp³-hybridized carbons (Fsp3) is 0.429. The minimum atomic E-state index is -4.24. The van der Waals surface area contributed by atoms with Crippen LogP contribution in [0.15, 0.2) is 29.1 Å². The number of para-hydroxylation sites is 1. The molecule has 1 aromatic heterocycles. The predicted octanol–water partition coefficient (Wildman–Crippen LogP) is 4.04. The normalized spacial score (nSPS) is 13.6. The number of fused-ring (bicyclic) bond motifs is 1. The van der Waals surface area contributed by atoms with E-state index in [0.717, 1.165) is 0 Å². The zero-order valence-corrected chi connectivity index (χ0v) is 12.1. The molecule has 0 aliphatic carbocycles. The van der Waals surface area contributed by atoms with E-state index in [0.29, 0.717) is 16.7 Å². The summed E-state index contributed by atoms with van der Waals surface area (Å²) in [5, 5.41) is -0.182. The Morgan fingerprint density at radius 2 is 2.00 bits per heavy atom. The van der Waals surface area contributed by atoms with Gasteiger partial charge in [0.25, 0.3) is 5.56 Å². The van der Waals surface area contributed by atoms with E-state index >= 15 is 0 Å². The molecule has 3 nitrogen and oxygen atoms in total. The van der Waals surface area contributed by atoms with E-state index in [-0.39, 0.29) is 18.5 Å². The summed E-state index contributed by atoms with van der Waals surface area (Å²) in [6, 6.07) is 6.72. The number of alkyl halides is 4. The van der Waals surface area contributed by atoms with Gasteiger partial charge >= 0.3 is 6.18 Å². The summed E-state index contributed by atoms with van der Waals surface area (Å²) in [6.45, 7) is 1.58. The highest BCUT2D eigenvalue weighted by Crippen LogP contribution is 2.23. The molecule has 2 aromatic rings. The fourth-order valence-corrected chi connectivity index (χ4v) is 2.31. The molecule has 0 N–H and O–H groups in total. The first-order valence-corrected chi connectivity index (χ1v) is 6.93. The van der Waals surface area contributed by atoms with E-state index in [1.165, 1.54) is 4.57 Å². The monoisotopic (exact) mass is 318 g/mol. The summed E-state index contributed by atoms with van der Waals surface area (Å²) in [4.78, 5) is 16.7. The Morgan fingerprint density at radius 1 is 1.33 bits per heavy atom. The van der Waals surface area contributed by atoms with E-state index in [2.05, 4.69) is 4.98 Å². The van der Waals surface area contributed by atoms with Gasteiger partial charge in [0.2, 0.25) is 0 Å². The van der Waals surface area contributed by atoms with Crippen molar-refractivity contribution in [1.29, 1.82) is 0 Å². The summed E-state index contributed by atoms with van der Waals surface area (Å²) in [5.74, 6) is 0.294. The zero-order chi connectivity index (χ0) is 15.6. The van der Waals surface area contributed by atoms with E-state index < -0.39 is 18.0 Å². The summed E-state index contributed by atoms with van der Waals surface area (Å²) in [6.07, 6.45) is -5.36. The fourth-order valence-electron chi connectivity index (χ4n) is 2.14. The lowest BCUT2D eigenvalue weighted by molar-refractivity contribution is -0.135. The van der Waals surface area contributed by atoms with Gasteiger partial charge in [0.05, 0.1) is 16.3 Å². The Labute approximate surface area is 124 Å². The molecule has 2 rings (SSSR count). The van der Waals surface area contributed by atoms with E-state index in [4.69, 9.17) is 11.6 Å². The third kappa shape index (κ3) is 3.75. The van der Waals surface area contributed by atoms with Crippen LogP contribution in [0, 0.1) is 0 Å². The van der Waals surface area contributed by atoms with Gasteiger partial charge in [0.15, 0.2) is 0 Å². The first-order valence-electron chi connectivity index (χ1n) is 6.50. The Bertz CT molecular complexity index is 695. The average molecular weight is 319 g/mol. The van der Waals surface area contributed by atoms with Gasteiger partial charge in [-0.3, -0.25) is 9.36 Å². The highest BCUT2D eigenvalue weighted by Gasteiger charge is 2.26. The first-order chi connectivity index (χ1) is 9.79. The number of halogens is 4. The Hall–Kier alpha value is -1.56. The molecule has 0 bridgehead atoms. The molecular formula is C14H14ClF3N2O. The second-order valence-electron chi connectivity index (χ2n) is 4.78. The van der Waals surface area contributed by atoms with Crippen molar-refractivity contribution in [3.63, 3.8) is 0 Å². The van der Waals surface area contributed by atoms with Gasteiger partial charge in [0, 0.05) is 13.0 Å². The second kappa shape index (κ2) is 6.05. The van der Waals surface area contributed by atoms with Gasteiger partial charge in [-0.1, -0.05) is 12.1 Å². The van der Waals surface area contributed by atoms with E-state index in [9.17, 15) is 18.0 Å². The molecule has 1 atom stereocenters. The lowest BCUT2D eigenvalue weighted by Crippen LogP contribution is -2.26. The number of benzene rings is 1. The standard InChI is InChI=1S/C14H14ClF3N2O/c1-9(15)12-19-11-6-3-2-5-10(11)13(21)20(12)8-4-7-14(16,17)18/h2-3,5-6,9H,4,7-8H2,1H3. The summed E-state index contributed by atoms with van der Waals surface area (Å²) < 4.78 is 38.0. The van der Waals surface area contributed by atoms with Crippen LogP contribution in [-0.4, -0.2) is 15.7 Å². The van der Waals surface area contributed by atoms with Crippen molar-refractivity contribution in [2.24, 2.45) is 0 Å². The maximum atomic E-state index is 12.4. The predicted molar refractivity (Wildman–Crippen MR) is 75.6 cm³/mol. The number of aromatic nitrogens is 2. The molecule has 0 fully saturated rings. The van der Waals surface area contributed by atoms with Gasteiger partial charge in [-0.05, 0) is 25.5 Å². The van der Waals surface area contributed by atoms with Crippen molar-refractivity contribution >= 4 is 22.5 Å². The van der Waals surface area contributed by atoms with Crippen LogP contribution in [0.5, 0.6) is 0 Å². The average Bonchev–Trinajstić information content (AvgIpc) is 2.39. The van der Waals surface area contributed by atoms with Crippen molar-refractivity contribution in [2.45, 2.75) is 37.9 Å². The molecule has 0 radical (unpaired) electrons. The molecule has 1 heterocycles. The molecule has 21 heavy (non-hydrogen) atoms. The van der Waals surface area contributed by atoms with E-state index in [1.54, 1.807) is 31.2 Å². The van der Waals surface area contributed by atoms with Crippen molar-refractivity contribution in [3.05, 3.63) is 40.4 Å². The van der Waals surface area contributed by atoms with Gasteiger partial charge in [-0.2, -0.15) is 13.2 Å². The molecule has 0 aliphatic heterocycles. The number of nitrogens with zero attached hydrogens (tertiary/aromatic N) is 2. The Kier molecular flexibility index (Phi) is 4.56. The van der Waals surface area contributed by atoms with Crippen molar-refractivity contribution in [1.82, 2.24) is 9.55 Å². The lowest BCUT2D eigenvalue weighted by Gasteiger charge is -2.15. The maximum absolute atomic E-state index is 12.4. The summed E-state index contributed by atoms with van der Waals surface area (Å²) in [7, 11) is 0. The van der Waals surface area contributed by atoms with Crippen molar-refractivity contribution < 1.29 is 13.2 Å². The minimum absolute atomic E-state index is 0.0530. The molecule has 1 aromatic carbocycles. The van der Waals surface area contributed by atoms with Crippen molar-refractivity contribution in [3.8, 4) is 0 Å². The van der Waals surface area contributed by atoms with Crippen LogP contribution in [0.25, 0.3) is 10.9 Å². The van der Waals surface area contributed by atoms with Crippen LogP contribution in [-0.2, 0) is 6.54 Å². The Morgan fingerprint density at radius 3 is 2.62 bits per heavy atom. The topological polar surface area (TPSA) is 34.9 Å². The number of hydrogen-bond donors (Lipinski definition) is 0. The molecule has 114 valence electrons. The molecule has 0 aliphatic rings. The van der Waals surface area contributed by atoms with Crippen LogP contribution >= 0.6 is 11.6 Å². The van der Waals surface area contributed by atoms with Crippen molar-refractivity contribution in [2.75, 3.05) is 0 Å². The molecule has 0 saturated heterocycles. The molecule has 0 saturated carbocycles. The van der Waals surface area contributed by atoms with Crippen LogP contribution in [0.1, 0.15) is 31.0 Å². The molecule has 0 amide bonds. The van der Waals surface area contributed by atoms with Gasteiger partial charge in [-0.25, -0.2) is 4.98 Å². The largest absolute Gasteiger partial charge is 0.389 e. The van der Waals surface area contributed by atoms with Crippen LogP contribution in [0.4, 0.5) is 13.2 Å². The third-order valence-electron chi connectivity index (χ3n) is 3.09. The van der Waals surface area contributed by atoms with Gasteiger partial charge < -0.3 is 0 Å². The third-order valence-corrected chi connectivity index (χ3v) is 3.28. The van der Waals surface area contributed by atoms with Crippen LogP contribution < -0.4 is 5.56 Å². The van der Waals surface area contributed by atoms with Gasteiger partial charge in [-0.15, -0.1) is 11.6 Å². The molecule has 1 unspecified atom stereocenters. The first kappa shape index (κ1) is 15.8. The summed E-state index contributed by atoms with van der Waals surface area (Å²) in [5.41, 5.74) is 0.141. The SMILES string of the molecule is CC(Cl)c1nc2ccccc2c(=O)n1CCCC(F)(F)F. The maximum Gasteiger partial charge on any atom is 0.389 e. The van der Waals surface area contributed by atoms with Gasteiger partial charge in [0.1, 0.15) is 5.82 Å². The Balaban J connectivity index is 2.42. The second-order valence-corrected chi connectivity index (χ2v) is 5.43. The van der Waals surface area contributed by atoms with Crippen LogP contribution in [0.2, 0.25) is 0 Å². The minimum Gasteiger partial charge on any atom is -0.295 e. The smallest absolute Gasteiger partial charge is 0.295 e. The summed E-state index contributed by atoms with van der Waals surface area (Å²) >= 11 is 6.01. The molecule has 0 spiro atoms. The zero-order valence-electron chi connectivity index (χ0n) is 11.3. The highest BCUT2D eigenvalue weighted by molar-refractivity contribution is 6.20. The van der Waals surface area contributed by atoms with Crippen LogP contribution in [0.3, 0.4) is 0 Å².